The zero-order valence-corrected chi connectivity index (χ0v) is 21.7. The van der Waals surface area contributed by atoms with Gasteiger partial charge in [-0.25, -0.2) is 4.79 Å². The third-order valence-electron chi connectivity index (χ3n) is 6.01. The Morgan fingerprint density at radius 1 is 1.19 bits per heavy atom. The zero-order chi connectivity index (χ0) is 28.4. The van der Waals surface area contributed by atoms with Crippen molar-refractivity contribution in [3.63, 3.8) is 0 Å². The number of alkyl halides is 3. The van der Waals surface area contributed by atoms with Crippen molar-refractivity contribution in [2.24, 2.45) is 0 Å². The molecule has 1 aliphatic rings. The normalized spacial score (nSPS) is 21.1. The van der Waals surface area contributed by atoms with Gasteiger partial charge in [0.1, 0.15) is 10.7 Å². The maximum absolute atomic E-state index is 14.1. The average molecular weight is 581 g/mol. The number of anilines is 1. The summed E-state index contributed by atoms with van der Waals surface area (Å²) in [5.41, 5.74) is -4.39. The number of hydrogen-bond acceptors (Lipinski definition) is 5. The Balaban J connectivity index is 2.48. The van der Waals surface area contributed by atoms with Crippen molar-refractivity contribution in [2.75, 3.05) is 24.2 Å². The predicted octanol–water partition coefficient (Wildman–Crippen LogP) is 6.43. The molecular weight excluding hydrogens is 556 g/mol. The average Bonchev–Trinajstić information content (AvgIpc) is 2.74. The van der Waals surface area contributed by atoms with Crippen molar-refractivity contribution in [3.8, 4) is 0 Å². The summed E-state index contributed by atoms with van der Waals surface area (Å²) >= 11 is 0.0406. The Morgan fingerprint density at radius 2 is 1.73 bits per heavy atom. The monoisotopic (exact) mass is 580 g/mol. The summed E-state index contributed by atoms with van der Waals surface area (Å²) in [5.74, 6) is -0.799. The molecular formula is C21H24F8N4O2S2. The molecule has 2 unspecified atom stereocenters. The predicted molar refractivity (Wildman–Crippen MR) is 128 cm³/mol. The maximum atomic E-state index is 14.1. The highest BCUT2D eigenvalue weighted by molar-refractivity contribution is 8.46. The second-order valence-corrected chi connectivity index (χ2v) is 11.8. The van der Waals surface area contributed by atoms with Crippen LogP contribution in [0.25, 0.3) is 10.9 Å². The lowest BCUT2D eigenvalue weighted by molar-refractivity contribution is -0.140. The van der Waals surface area contributed by atoms with Gasteiger partial charge < -0.3 is 9.80 Å². The number of fused-ring (bicyclic) bond motifs is 1. The Bertz CT molecular complexity index is 1330. The second kappa shape index (κ2) is 8.51. The van der Waals surface area contributed by atoms with Gasteiger partial charge in [-0.1, -0.05) is 26.0 Å². The smallest absolute Gasteiger partial charge is 0.352 e. The molecule has 0 aliphatic carbocycles. The van der Waals surface area contributed by atoms with Crippen LogP contribution < -0.4 is 10.6 Å². The van der Waals surface area contributed by atoms with Gasteiger partial charge in [0, 0.05) is 37.1 Å². The lowest BCUT2D eigenvalue weighted by atomic mass is 10.1. The van der Waals surface area contributed by atoms with Gasteiger partial charge in [0.2, 0.25) is 5.91 Å². The van der Waals surface area contributed by atoms with E-state index in [-0.39, 0.29) is 43.3 Å². The molecule has 0 N–H and O–H groups in total. The molecule has 1 aromatic carbocycles. The first-order valence-corrected chi connectivity index (χ1v) is 14.0. The molecule has 3 rings (SSSR count). The molecule has 1 amide bonds. The minimum Gasteiger partial charge on any atom is -0.352 e. The summed E-state index contributed by atoms with van der Waals surface area (Å²) in [7, 11) is -10.9. The van der Waals surface area contributed by atoms with E-state index >= 15 is 0 Å². The third kappa shape index (κ3) is 5.26. The molecule has 2 heterocycles. The van der Waals surface area contributed by atoms with Gasteiger partial charge in [0.15, 0.2) is 0 Å². The summed E-state index contributed by atoms with van der Waals surface area (Å²) in [6.45, 7) is 7.58. The summed E-state index contributed by atoms with van der Waals surface area (Å²) in [5, 5.41) is -0.536. The van der Waals surface area contributed by atoms with Gasteiger partial charge in [-0.3, -0.25) is 9.36 Å². The number of hydrogen-bond donors (Lipinski definition) is 0. The van der Waals surface area contributed by atoms with E-state index in [0.29, 0.717) is 4.57 Å². The van der Waals surface area contributed by atoms with Crippen LogP contribution >= 0.6 is 22.0 Å². The van der Waals surface area contributed by atoms with E-state index in [1.807, 2.05) is 0 Å². The minimum atomic E-state index is -10.9. The van der Waals surface area contributed by atoms with Crippen LogP contribution in [-0.4, -0.2) is 51.8 Å². The van der Waals surface area contributed by atoms with Gasteiger partial charge in [0.05, 0.1) is 16.0 Å². The van der Waals surface area contributed by atoms with Gasteiger partial charge in [0.25, 0.3) is 0 Å². The molecule has 2 atom stereocenters. The number of aromatic nitrogens is 2. The second-order valence-electron chi connectivity index (χ2n) is 8.66. The number of piperazine rings is 1. The Hall–Kier alpha value is -2.49. The maximum Gasteiger partial charge on any atom is 0.417 e. The highest BCUT2D eigenvalue weighted by atomic mass is 32.5. The van der Waals surface area contributed by atoms with Crippen molar-refractivity contribution in [2.45, 2.75) is 55.4 Å². The van der Waals surface area contributed by atoms with E-state index < -0.39 is 66.3 Å². The Labute approximate surface area is 211 Å². The van der Waals surface area contributed by atoms with Crippen molar-refractivity contribution in [3.05, 3.63) is 34.8 Å². The molecule has 37 heavy (non-hydrogen) atoms. The molecule has 16 heteroatoms. The van der Waals surface area contributed by atoms with Crippen molar-refractivity contribution in [1.82, 2.24) is 14.5 Å². The van der Waals surface area contributed by atoms with E-state index in [0.717, 1.165) is 12.3 Å². The number of thioether (sulfide) groups is 1. The molecule has 0 saturated carbocycles. The SMILES string of the molecule is C=CC(=O)N1C(C)CN(c2nc(=O)n(CC)c3c(SC)c(S(F)(F)(F)(F)F)c(C(F)(F)F)cc23)CC1C. The summed E-state index contributed by atoms with van der Waals surface area (Å²) in [4.78, 5) is 27.3. The van der Waals surface area contributed by atoms with Gasteiger partial charge in [-0.15, -0.1) is 11.8 Å². The van der Waals surface area contributed by atoms with E-state index in [4.69, 9.17) is 0 Å². The van der Waals surface area contributed by atoms with Gasteiger partial charge >= 0.3 is 22.1 Å². The van der Waals surface area contributed by atoms with Crippen LogP contribution in [-0.2, 0) is 17.5 Å². The summed E-state index contributed by atoms with van der Waals surface area (Å²) < 4.78 is 113. The van der Waals surface area contributed by atoms with Crippen LogP contribution in [0.15, 0.2) is 33.3 Å². The lowest BCUT2D eigenvalue weighted by Gasteiger charge is -2.45. The van der Waals surface area contributed by atoms with Crippen LogP contribution in [0.4, 0.5) is 38.4 Å². The van der Waals surface area contributed by atoms with Crippen molar-refractivity contribution >= 4 is 44.6 Å². The van der Waals surface area contributed by atoms with Crippen LogP contribution in [0.5, 0.6) is 0 Å². The van der Waals surface area contributed by atoms with Crippen LogP contribution in [0.1, 0.15) is 26.3 Å². The minimum absolute atomic E-state index is 0.00712. The molecule has 1 aromatic heterocycles. The molecule has 0 bridgehead atoms. The van der Waals surface area contributed by atoms with Crippen LogP contribution in [0.2, 0.25) is 0 Å². The fourth-order valence-corrected chi connectivity index (χ4v) is 7.20. The number of amides is 1. The van der Waals surface area contributed by atoms with Crippen LogP contribution in [0, 0.1) is 0 Å². The highest BCUT2D eigenvalue weighted by Gasteiger charge is 2.70. The number of nitrogens with zero attached hydrogens (tertiary/aromatic N) is 4. The quantitative estimate of drug-likeness (QED) is 0.232. The molecule has 2 aromatic rings. The molecule has 6 nitrogen and oxygen atoms in total. The zero-order valence-electron chi connectivity index (χ0n) is 20.1. The number of carbonyl (C=O) groups is 1. The Morgan fingerprint density at radius 3 is 2.14 bits per heavy atom. The van der Waals surface area contributed by atoms with Crippen LogP contribution in [0.3, 0.4) is 0 Å². The first-order valence-electron chi connectivity index (χ1n) is 10.8. The molecule has 208 valence electrons. The standard InChI is InChI=1S/C21H24F8N4O2S2/c1-6-15(34)33-11(3)9-31(10-12(33)4)19-13-8-14(21(22,23)24)18(37(25,26,27,28)29)17(36-5)16(13)32(7-2)20(35)30-19/h6,8,11-12H,1,7,9-10H2,2-5H3. The fourth-order valence-electron chi connectivity index (χ4n) is 4.73. The number of aryl methyl sites for hydroxylation is 1. The van der Waals surface area contributed by atoms with E-state index in [2.05, 4.69) is 11.6 Å². The highest BCUT2D eigenvalue weighted by Crippen LogP contribution is 3.03. The van der Waals surface area contributed by atoms with Crippen molar-refractivity contribution < 1.29 is 37.4 Å². The summed E-state index contributed by atoms with van der Waals surface area (Å²) in [6.07, 6.45) is -3.79. The number of halogens is 8. The number of rotatable bonds is 5. The summed E-state index contributed by atoms with van der Waals surface area (Å²) in [6, 6.07) is -1.11. The molecule has 0 spiro atoms. The topological polar surface area (TPSA) is 58.4 Å². The third-order valence-corrected chi connectivity index (χ3v) is 8.14. The Kier molecular flexibility index (Phi) is 6.69. The van der Waals surface area contributed by atoms with Crippen molar-refractivity contribution in [1.29, 1.82) is 0 Å². The van der Waals surface area contributed by atoms with E-state index in [9.17, 15) is 42.2 Å². The molecule has 0 radical (unpaired) electrons. The van der Waals surface area contributed by atoms with Gasteiger partial charge in [-0.05, 0) is 39.2 Å². The largest absolute Gasteiger partial charge is 0.417 e. The van der Waals surface area contributed by atoms with E-state index in [1.165, 1.54) is 16.7 Å². The molecule has 1 fully saturated rings. The first kappa shape index (κ1) is 29.1. The lowest BCUT2D eigenvalue weighted by Crippen LogP contribution is -2.58. The first-order chi connectivity index (χ1) is 16.7. The van der Waals surface area contributed by atoms with E-state index in [1.54, 1.807) is 13.8 Å². The molecule has 1 aliphatic heterocycles. The number of carbonyl (C=O) groups excluding carboxylic acids is 1. The fraction of sp³-hybridized carbons (Fsp3) is 0.476. The number of benzene rings is 1. The van der Waals surface area contributed by atoms with Gasteiger partial charge in [-0.2, -0.15) is 18.2 Å². The molecule has 1 saturated heterocycles.